The second-order valence-corrected chi connectivity index (χ2v) is 6.15. The summed E-state index contributed by atoms with van der Waals surface area (Å²) in [7, 11) is 0. The predicted molar refractivity (Wildman–Crippen MR) is 88.1 cm³/mol. The second kappa shape index (κ2) is 6.05. The number of hydrogen-bond donors (Lipinski definition) is 2. The molecule has 2 heterocycles. The SMILES string of the molecule is CCc1nc2n(c1C(N)c1cc(C)c(O)c(C#N)c1)CCCC2. The number of nitrogens with zero attached hydrogens (tertiary/aromatic N) is 3. The number of nitriles is 1. The van der Waals surface area contributed by atoms with Crippen molar-refractivity contribution < 1.29 is 5.11 Å². The van der Waals surface area contributed by atoms with Gasteiger partial charge in [-0.1, -0.05) is 13.0 Å². The fraction of sp³-hybridized carbons (Fsp3) is 0.444. The quantitative estimate of drug-likeness (QED) is 0.912. The van der Waals surface area contributed by atoms with Crippen molar-refractivity contribution in [3.05, 3.63) is 46.0 Å². The highest BCUT2D eigenvalue weighted by Crippen LogP contribution is 2.31. The molecule has 1 aliphatic rings. The van der Waals surface area contributed by atoms with E-state index in [1.54, 1.807) is 13.0 Å². The summed E-state index contributed by atoms with van der Waals surface area (Å²) in [5.41, 5.74) is 10.4. The summed E-state index contributed by atoms with van der Waals surface area (Å²) in [6.45, 7) is 4.83. The molecule has 1 aliphatic heterocycles. The molecule has 3 N–H and O–H groups in total. The first kappa shape index (κ1) is 15.6. The van der Waals surface area contributed by atoms with Gasteiger partial charge in [-0.05, 0) is 43.4 Å². The maximum atomic E-state index is 9.95. The Morgan fingerprint density at radius 3 is 2.91 bits per heavy atom. The van der Waals surface area contributed by atoms with Crippen molar-refractivity contribution in [2.45, 2.75) is 52.1 Å². The molecule has 1 atom stereocenters. The molecule has 0 bridgehead atoms. The summed E-state index contributed by atoms with van der Waals surface area (Å²) in [5, 5.41) is 19.2. The van der Waals surface area contributed by atoms with Gasteiger partial charge in [0, 0.05) is 13.0 Å². The maximum Gasteiger partial charge on any atom is 0.136 e. The predicted octanol–water partition coefficient (Wildman–Crippen LogP) is 2.72. The van der Waals surface area contributed by atoms with Crippen LogP contribution in [0, 0.1) is 18.3 Å². The van der Waals surface area contributed by atoms with E-state index in [2.05, 4.69) is 11.5 Å². The zero-order valence-corrected chi connectivity index (χ0v) is 13.6. The zero-order chi connectivity index (χ0) is 16.6. The Balaban J connectivity index is 2.11. The van der Waals surface area contributed by atoms with Crippen LogP contribution >= 0.6 is 0 Å². The highest BCUT2D eigenvalue weighted by Gasteiger charge is 2.25. The second-order valence-electron chi connectivity index (χ2n) is 6.15. The number of phenolic OH excluding ortho intramolecular Hbond substituents is 1. The van der Waals surface area contributed by atoms with Crippen molar-refractivity contribution in [2.24, 2.45) is 5.73 Å². The molecule has 120 valence electrons. The number of aromatic nitrogens is 2. The van der Waals surface area contributed by atoms with Gasteiger partial charge in [-0.15, -0.1) is 0 Å². The molecule has 0 saturated heterocycles. The van der Waals surface area contributed by atoms with E-state index in [-0.39, 0.29) is 17.4 Å². The molecule has 3 rings (SSSR count). The smallest absolute Gasteiger partial charge is 0.136 e. The van der Waals surface area contributed by atoms with Crippen LogP contribution in [0.3, 0.4) is 0 Å². The first-order valence-electron chi connectivity index (χ1n) is 8.14. The lowest BCUT2D eigenvalue weighted by Gasteiger charge is -2.21. The number of aryl methyl sites for hydroxylation is 3. The molecule has 0 aliphatic carbocycles. The fourth-order valence-corrected chi connectivity index (χ4v) is 3.40. The molecule has 1 aromatic heterocycles. The number of fused-ring (bicyclic) bond motifs is 1. The van der Waals surface area contributed by atoms with Crippen LogP contribution in [-0.2, 0) is 19.4 Å². The molecular weight excluding hydrogens is 288 g/mol. The van der Waals surface area contributed by atoms with Crippen molar-refractivity contribution >= 4 is 0 Å². The Kier molecular flexibility index (Phi) is 4.10. The van der Waals surface area contributed by atoms with Crippen LogP contribution in [0.4, 0.5) is 0 Å². The Morgan fingerprint density at radius 1 is 1.43 bits per heavy atom. The number of imidazole rings is 1. The van der Waals surface area contributed by atoms with Crippen molar-refractivity contribution in [3.63, 3.8) is 0 Å². The van der Waals surface area contributed by atoms with Gasteiger partial charge in [0.15, 0.2) is 0 Å². The van der Waals surface area contributed by atoms with Gasteiger partial charge >= 0.3 is 0 Å². The van der Waals surface area contributed by atoms with Crippen LogP contribution in [0.25, 0.3) is 0 Å². The van der Waals surface area contributed by atoms with Gasteiger partial charge in [0.2, 0.25) is 0 Å². The molecule has 2 aromatic rings. The lowest BCUT2D eigenvalue weighted by molar-refractivity contribution is 0.468. The summed E-state index contributed by atoms with van der Waals surface area (Å²) in [6.07, 6.45) is 4.15. The molecule has 5 nitrogen and oxygen atoms in total. The van der Waals surface area contributed by atoms with Crippen LogP contribution < -0.4 is 5.73 Å². The van der Waals surface area contributed by atoms with Crippen molar-refractivity contribution in [3.8, 4) is 11.8 Å². The molecule has 5 heteroatoms. The average Bonchev–Trinajstić information content (AvgIpc) is 2.95. The van der Waals surface area contributed by atoms with E-state index in [0.717, 1.165) is 48.6 Å². The molecule has 0 spiro atoms. The van der Waals surface area contributed by atoms with E-state index >= 15 is 0 Å². The lowest BCUT2D eigenvalue weighted by Crippen LogP contribution is -2.21. The topological polar surface area (TPSA) is 87.9 Å². The van der Waals surface area contributed by atoms with E-state index in [9.17, 15) is 10.4 Å². The summed E-state index contributed by atoms with van der Waals surface area (Å²) >= 11 is 0. The number of hydrogen-bond acceptors (Lipinski definition) is 4. The highest BCUT2D eigenvalue weighted by molar-refractivity contribution is 5.51. The Labute approximate surface area is 136 Å². The van der Waals surface area contributed by atoms with E-state index in [1.807, 2.05) is 12.1 Å². The molecule has 23 heavy (non-hydrogen) atoms. The van der Waals surface area contributed by atoms with Crippen LogP contribution in [0.5, 0.6) is 5.75 Å². The van der Waals surface area contributed by atoms with Gasteiger partial charge in [0.1, 0.15) is 17.6 Å². The van der Waals surface area contributed by atoms with Crippen molar-refractivity contribution in [1.82, 2.24) is 9.55 Å². The summed E-state index contributed by atoms with van der Waals surface area (Å²) in [6, 6.07) is 5.26. The highest BCUT2D eigenvalue weighted by atomic mass is 16.3. The van der Waals surface area contributed by atoms with Crippen LogP contribution in [-0.4, -0.2) is 14.7 Å². The number of nitrogens with two attached hydrogens (primary N) is 1. The minimum absolute atomic E-state index is 0.0366. The van der Waals surface area contributed by atoms with E-state index in [1.165, 1.54) is 6.42 Å². The summed E-state index contributed by atoms with van der Waals surface area (Å²) < 4.78 is 2.25. The van der Waals surface area contributed by atoms with E-state index in [4.69, 9.17) is 10.7 Å². The normalized spacial score (nSPS) is 15.0. The summed E-state index contributed by atoms with van der Waals surface area (Å²) in [5.74, 6) is 1.16. The van der Waals surface area contributed by atoms with Crippen molar-refractivity contribution in [2.75, 3.05) is 0 Å². The molecule has 0 saturated carbocycles. The molecule has 1 aromatic carbocycles. The lowest BCUT2D eigenvalue weighted by atomic mass is 9.97. The molecule has 0 amide bonds. The number of benzene rings is 1. The van der Waals surface area contributed by atoms with Crippen LogP contribution in [0.2, 0.25) is 0 Å². The minimum Gasteiger partial charge on any atom is -0.506 e. The molecule has 1 unspecified atom stereocenters. The first-order valence-corrected chi connectivity index (χ1v) is 8.14. The fourth-order valence-electron chi connectivity index (χ4n) is 3.40. The van der Waals surface area contributed by atoms with Gasteiger partial charge < -0.3 is 15.4 Å². The van der Waals surface area contributed by atoms with Crippen LogP contribution in [0.15, 0.2) is 12.1 Å². The van der Waals surface area contributed by atoms with Crippen molar-refractivity contribution in [1.29, 1.82) is 5.26 Å². The number of aromatic hydroxyl groups is 1. The van der Waals surface area contributed by atoms with Gasteiger partial charge in [0.25, 0.3) is 0 Å². The molecular formula is C18H22N4O. The van der Waals surface area contributed by atoms with Crippen LogP contribution in [0.1, 0.15) is 59.7 Å². The summed E-state index contributed by atoms with van der Waals surface area (Å²) in [4.78, 5) is 4.77. The van der Waals surface area contributed by atoms with Gasteiger partial charge in [-0.25, -0.2) is 4.98 Å². The Hall–Kier alpha value is -2.32. The first-order chi connectivity index (χ1) is 11.1. The van der Waals surface area contributed by atoms with Gasteiger partial charge in [-0.3, -0.25) is 0 Å². The zero-order valence-electron chi connectivity index (χ0n) is 13.6. The third-order valence-electron chi connectivity index (χ3n) is 4.63. The number of phenols is 1. The van der Waals surface area contributed by atoms with Gasteiger partial charge in [-0.2, -0.15) is 5.26 Å². The van der Waals surface area contributed by atoms with E-state index in [0.29, 0.717) is 5.56 Å². The van der Waals surface area contributed by atoms with E-state index < -0.39 is 0 Å². The third-order valence-corrected chi connectivity index (χ3v) is 4.63. The number of rotatable bonds is 3. The third kappa shape index (κ3) is 2.60. The molecule has 0 radical (unpaired) electrons. The molecule has 0 fully saturated rings. The average molecular weight is 310 g/mol. The Bertz CT molecular complexity index is 785. The van der Waals surface area contributed by atoms with Gasteiger partial charge in [0.05, 0.1) is 23.0 Å². The minimum atomic E-state index is -0.337. The Morgan fingerprint density at radius 2 is 2.22 bits per heavy atom. The largest absolute Gasteiger partial charge is 0.506 e. The standard InChI is InChI=1S/C18H22N4O/c1-3-14-17(22-7-5-4-6-15(22)21-14)16(20)12-8-11(2)18(23)13(9-12)10-19/h8-9,16,23H,3-7,20H2,1-2H3. The maximum absolute atomic E-state index is 9.95. The monoisotopic (exact) mass is 310 g/mol.